The lowest BCUT2D eigenvalue weighted by Gasteiger charge is -2.30. The zero-order valence-corrected chi connectivity index (χ0v) is 22.3. The van der Waals surface area contributed by atoms with Crippen molar-refractivity contribution in [3.05, 3.63) is 54.1 Å². The summed E-state index contributed by atoms with van der Waals surface area (Å²) < 4.78 is 56.0. The summed E-state index contributed by atoms with van der Waals surface area (Å²) in [4.78, 5) is 22.3. The van der Waals surface area contributed by atoms with Crippen molar-refractivity contribution in [2.24, 2.45) is 5.92 Å². The lowest BCUT2D eigenvalue weighted by molar-refractivity contribution is -0.207. The van der Waals surface area contributed by atoms with E-state index in [1.165, 1.54) is 12.1 Å². The van der Waals surface area contributed by atoms with E-state index >= 15 is 0 Å². The first kappa shape index (κ1) is 31.4. The molecule has 1 aromatic rings. The summed E-state index contributed by atoms with van der Waals surface area (Å²) in [6, 6.07) is 2.84. The highest BCUT2D eigenvalue weighted by atomic mass is 19.2. The predicted octanol–water partition coefficient (Wildman–Crippen LogP) is 6.36. The Bertz CT molecular complexity index is 910. The molecular formula is C29H40F2O7. The molecule has 1 fully saturated rings. The van der Waals surface area contributed by atoms with Gasteiger partial charge in [0.2, 0.25) is 5.82 Å². The Hall–Kier alpha value is -2.78. The predicted molar refractivity (Wildman–Crippen MR) is 138 cm³/mol. The van der Waals surface area contributed by atoms with Crippen LogP contribution >= 0.6 is 0 Å². The largest absolute Gasteiger partial charge is 0.490 e. The summed E-state index contributed by atoms with van der Waals surface area (Å²) in [5.41, 5.74) is 0.390. The maximum Gasteiger partial charge on any atom is 0.333 e. The first-order valence-corrected chi connectivity index (χ1v) is 13.3. The number of hydrogen-bond acceptors (Lipinski definition) is 7. The van der Waals surface area contributed by atoms with E-state index in [2.05, 4.69) is 13.2 Å². The van der Waals surface area contributed by atoms with Crippen molar-refractivity contribution in [3.8, 4) is 5.75 Å². The van der Waals surface area contributed by atoms with Crippen molar-refractivity contribution < 1.29 is 42.1 Å². The molecule has 1 saturated heterocycles. The van der Waals surface area contributed by atoms with Crippen LogP contribution in [0.2, 0.25) is 0 Å². The number of halogens is 2. The Kier molecular flexibility index (Phi) is 14.6. The van der Waals surface area contributed by atoms with Crippen molar-refractivity contribution in [1.29, 1.82) is 0 Å². The zero-order valence-electron chi connectivity index (χ0n) is 22.3. The maximum absolute atomic E-state index is 14.7. The van der Waals surface area contributed by atoms with Gasteiger partial charge in [-0.1, -0.05) is 32.4 Å². The Morgan fingerprint density at radius 2 is 1.53 bits per heavy atom. The quantitative estimate of drug-likeness (QED) is 0.122. The fraction of sp³-hybridized carbons (Fsp3) is 0.586. The fourth-order valence-corrected chi connectivity index (χ4v) is 3.88. The number of benzene rings is 1. The van der Waals surface area contributed by atoms with E-state index in [-0.39, 0.29) is 23.8 Å². The molecule has 0 unspecified atom stereocenters. The highest BCUT2D eigenvalue weighted by Crippen LogP contribution is 2.32. The van der Waals surface area contributed by atoms with Crippen LogP contribution in [0.4, 0.5) is 8.78 Å². The second kappa shape index (κ2) is 17.7. The number of carbonyl (C=O) groups excluding carboxylic acids is 2. The minimum absolute atomic E-state index is 0.0201. The third-order valence-electron chi connectivity index (χ3n) is 6.09. The molecular weight excluding hydrogens is 498 g/mol. The van der Waals surface area contributed by atoms with Gasteiger partial charge in [0.1, 0.15) is 0 Å². The fourth-order valence-electron chi connectivity index (χ4n) is 3.88. The Morgan fingerprint density at radius 3 is 2.16 bits per heavy atom. The van der Waals surface area contributed by atoms with Crippen molar-refractivity contribution >= 4 is 11.9 Å². The van der Waals surface area contributed by atoms with Crippen LogP contribution in [-0.2, 0) is 28.5 Å². The van der Waals surface area contributed by atoms with Gasteiger partial charge < -0.3 is 23.7 Å². The number of unbranched alkanes of at least 4 members (excludes halogenated alkanes) is 6. The summed E-state index contributed by atoms with van der Waals surface area (Å²) in [6.07, 6.45) is 7.86. The molecule has 0 saturated carbocycles. The van der Waals surface area contributed by atoms with Gasteiger partial charge in [0, 0.05) is 23.1 Å². The lowest BCUT2D eigenvalue weighted by Crippen LogP contribution is -2.27. The molecule has 0 bridgehead atoms. The van der Waals surface area contributed by atoms with Crippen LogP contribution in [-0.4, -0.2) is 45.0 Å². The Balaban J connectivity index is 1.62. The molecule has 0 spiro atoms. The molecule has 9 heteroatoms. The van der Waals surface area contributed by atoms with Crippen LogP contribution < -0.4 is 4.74 Å². The maximum atomic E-state index is 14.7. The van der Waals surface area contributed by atoms with Crippen LogP contribution in [0.15, 0.2) is 36.9 Å². The summed E-state index contributed by atoms with van der Waals surface area (Å²) >= 11 is 0. The molecule has 2 rings (SSSR count). The first-order valence-electron chi connectivity index (χ1n) is 13.3. The average molecular weight is 539 g/mol. The third kappa shape index (κ3) is 11.3. The highest BCUT2D eigenvalue weighted by molar-refractivity contribution is 5.86. The molecule has 1 aliphatic rings. The lowest BCUT2D eigenvalue weighted by atomic mass is 10.0. The summed E-state index contributed by atoms with van der Waals surface area (Å²) in [7, 11) is 0. The molecule has 1 aliphatic heterocycles. The second-order valence-electron chi connectivity index (χ2n) is 9.40. The van der Waals surface area contributed by atoms with Crippen molar-refractivity contribution in [2.45, 2.75) is 71.0 Å². The van der Waals surface area contributed by atoms with Gasteiger partial charge in [-0.15, -0.1) is 0 Å². The van der Waals surface area contributed by atoms with Gasteiger partial charge in [-0.05, 0) is 57.6 Å². The van der Waals surface area contributed by atoms with Crippen LogP contribution in [0.25, 0.3) is 0 Å². The number of ether oxygens (including phenoxy) is 5. The zero-order chi connectivity index (χ0) is 27.8. The average Bonchev–Trinajstić information content (AvgIpc) is 2.92. The van der Waals surface area contributed by atoms with Gasteiger partial charge >= 0.3 is 11.9 Å². The molecule has 0 amide bonds. The Labute approximate surface area is 224 Å². The SMILES string of the molecule is C=CC(=O)OCCCCCCC1COC(c2ccc(OCCCCCCOC(=O)C(=C)C)c(F)c2F)OC1. The molecule has 38 heavy (non-hydrogen) atoms. The molecule has 7 nitrogen and oxygen atoms in total. The van der Waals surface area contributed by atoms with Crippen LogP contribution in [0.5, 0.6) is 5.75 Å². The molecule has 0 radical (unpaired) electrons. The smallest absolute Gasteiger partial charge is 0.333 e. The van der Waals surface area contributed by atoms with Gasteiger partial charge in [0.15, 0.2) is 17.9 Å². The molecule has 1 aromatic carbocycles. The van der Waals surface area contributed by atoms with Crippen molar-refractivity contribution in [1.82, 2.24) is 0 Å². The number of hydrogen-bond donors (Lipinski definition) is 0. The minimum atomic E-state index is -1.05. The monoisotopic (exact) mass is 538 g/mol. The summed E-state index contributed by atoms with van der Waals surface area (Å²) in [6.45, 7) is 10.3. The normalized spacial score (nSPS) is 17.0. The molecule has 0 atom stereocenters. The van der Waals surface area contributed by atoms with E-state index in [0.29, 0.717) is 44.8 Å². The van der Waals surface area contributed by atoms with E-state index in [0.717, 1.165) is 51.0 Å². The Morgan fingerprint density at radius 1 is 0.921 bits per heavy atom. The number of carbonyl (C=O) groups is 2. The van der Waals surface area contributed by atoms with E-state index in [1.54, 1.807) is 6.92 Å². The van der Waals surface area contributed by atoms with E-state index in [1.807, 2.05) is 0 Å². The van der Waals surface area contributed by atoms with Gasteiger partial charge in [-0.2, -0.15) is 4.39 Å². The standard InChI is InChI=1S/C29H40F2O7/c1-4-25(32)35-17-11-6-5-9-13-22-19-37-29(38-20-22)23-14-15-24(27(31)26(23)30)34-16-10-7-8-12-18-36-28(33)21(2)3/h4,14-15,22,29H,1-2,5-13,16-20H2,3H3. The van der Waals surface area contributed by atoms with Crippen molar-refractivity contribution in [2.75, 3.05) is 33.0 Å². The molecule has 1 heterocycles. The first-order chi connectivity index (χ1) is 18.3. The molecule has 0 aliphatic carbocycles. The molecule has 0 aromatic heterocycles. The van der Waals surface area contributed by atoms with Gasteiger partial charge in [-0.25, -0.2) is 14.0 Å². The summed E-state index contributed by atoms with van der Waals surface area (Å²) in [5.74, 6) is -2.83. The van der Waals surface area contributed by atoms with Gasteiger partial charge in [0.25, 0.3) is 0 Å². The number of rotatable bonds is 18. The van der Waals surface area contributed by atoms with Crippen molar-refractivity contribution in [3.63, 3.8) is 0 Å². The van der Waals surface area contributed by atoms with Gasteiger partial charge in [-0.3, -0.25) is 0 Å². The van der Waals surface area contributed by atoms with E-state index in [4.69, 9.17) is 23.7 Å². The van der Waals surface area contributed by atoms with E-state index in [9.17, 15) is 18.4 Å². The van der Waals surface area contributed by atoms with Crippen LogP contribution in [0.3, 0.4) is 0 Å². The molecule has 212 valence electrons. The van der Waals surface area contributed by atoms with Crippen LogP contribution in [0.1, 0.15) is 76.6 Å². The van der Waals surface area contributed by atoms with E-state index < -0.39 is 29.9 Å². The van der Waals surface area contributed by atoms with Gasteiger partial charge in [0.05, 0.1) is 33.0 Å². The van der Waals surface area contributed by atoms with Crippen LogP contribution in [0, 0.1) is 17.6 Å². The second-order valence-corrected chi connectivity index (χ2v) is 9.40. The number of esters is 2. The third-order valence-corrected chi connectivity index (χ3v) is 6.09. The highest BCUT2D eigenvalue weighted by Gasteiger charge is 2.28. The summed E-state index contributed by atoms with van der Waals surface area (Å²) in [5, 5.41) is 0. The minimum Gasteiger partial charge on any atom is -0.490 e. The topological polar surface area (TPSA) is 80.3 Å². The molecule has 0 N–H and O–H groups in total.